The molecule has 0 fully saturated rings. The number of nitriles is 1. The summed E-state index contributed by atoms with van der Waals surface area (Å²) in [5.74, 6) is 0.767. The minimum Gasteiger partial charge on any atom is -0.497 e. The van der Waals surface area contributed by atoms with Crippen molar-refractivity contribution in [1.82, 2.24) is 0 Å². The Hall–Kier alpha value is -2.38. The number of halogens is 1. The molecule has 0 spiro atoms. The van der Waals surface area contributed by atoms with Gasteiger partial charge in [-0.15, -0.1) is 0 Å². The van der Waals surface area contributed by atoms with Crippen LogP contribution < -0.4 is 4.74 Å². The third-order valence-corrected chi connectivity index (χ3v) is 3.64. The number of rotatable bonds is 4. The smallest absolute Gasteiger partial charge is 0.119 e. The highest BCUT2D eigenvalue weighted by Crippen LogP contribution is 2.24. The summed E-state index contributed by atoms with van der Waals surface area (Å²) in [5.41, 5.74) is 3.09. The molecule has 0 N–H and O–H groups in total. The van der Waals surface area contributed by atoms with Gasteiger partial charge >= 0.3 is 0 Å². The molecule has 2 aromatic carbocycles. The molecule has 0 aliphatic rings. The third-order valence-electron chi connectivity index (χ3n) is 2.92. The van der Waals surface area contributed by atoms with E-state index in [0.29, 0.717) is 5.56 Å². The zero-order valence-corrected chi connectivity index (χ0v) is 13.1. The van der Waals surface area contributed by atoms with Crippen LogP contribution in [-0.4, -0.2) is 13.3 Å². The van der Waals surface area contributed by atoms with E-state index in [2.05, 4.69) is 33.6 Å². The standard InChI is InChI=1S/C17H13BrN2O/c1-3-13-8-12(10-19)4-7-17(13)20-11-14-9-15(21-2)5-6-16(14)18/h3-9,11H,1H2,2H3. The third kappa shape index (κ3) is 3.59. The molecular weight excluding hydrogens is 328 g/mol. The van der Waals surface area contributed by atoms with E-state index in [4.69, 9.17) is 10.00 Å². The van der Waals surface area contributed by atoms with Crippen molar-refractivity contribution in [2.45, 2.75) is 0 Å². The van der Waals surface area contributed by atoms with E-state index >= 15 is 0 Å². The summed E-state index contributed by atoms with van der Waals surface area (Å²) in [4.78, 5) is 4.47. The normalized spacial score (nSPS) is 10.3. The van der Waals surface area contributed by atoms with Crippen molar-refractivity contribution >= 4 is 33.9 Å². The van der Waals surface area contributed by atoms with Crippen LogP contribution in [0.4, 0.5) is 5.69 Å². The van der Waals surface area contributed by atoms with E-state index in [0.717, 1.165) is 27.0 Å². The molecule has 0 saturated carbocycles. The number of nitrogens with zero attached hydrogens (tertiary/aromatic N) is 2. The SMILES string of the molecule is C=Cc1cc(C#N)ccc1N=Cc1cc(OC)ccc1Br. The van der Waals surface area contributed by atoms with Crippen LogP contribution in [0, 0.1) is 11.3 Å². The molecule has 2 aromatic rings. The summed E-state index contributed by atoms with van der Waals surface area (Å²) in [6.07, 6.45) is 3.44. The number of hydrogen-bond donors (Lipinski definition) is 0. The lowest BCUT2D eigenvalue weighted by Crippen LogP contribution is -1.88. The molecular formula is C17H13BrN2O. The molecule has 0 heterocycles. The molecule has 21 heavy (non-hydrogen) atoms. The average molecular weight is 341 g/mol. The van der Waals surface area contributed by atoms with E-state index in [1.165, 1.54) is 0 Å². The maximum absolute atomic E-state index is 8.91. The first-order valence-corrected chi connectivity index (χ1v) is 7.01. The first kappa shape index (κ1) is 15.0. The molecule has 0 atom stereocenters. The number of ether oxygens (including phenoxy) is 1. The molecule has 0 unspecified atom stereocenters. The quantitative estimate of drug-likeness (QED) is 0.755. The number of aliphatic imine (C=N–C) groups is 1. The fourth-order valence-electron chi connectivity index (χ4n) is 1.79. The number of hydrogen-bond acceptors (Lipinski definition) is 3. The van der Waals surface area contributed by atoms with Crippen LogP contribution >= 0.6 is 15.9 Å². The maximum atomic E-state index is 8.91. The predicted octanol–water partition coefficient (Wildman–Crippen LogP) is 4.72. The predicted molar refractivity (Wildman–Crippen MR) is 89.2 cm³/mol. The van der Waals surface area contributed by atoms with E-state index < -0.39 is 0 Å². The van der Waals surface area contributed by atoms with Gasteiger partial charge in [-0.3, -0.25) is 4.99 Å². The van der Waals surface area contributed by atoms with Gasteiger partial charge in [0.25, 0.3) is 0 Å². The highest BCUT2D eigenvalue weighted by Gasteiger charge is 2.02. The van der Waals surface area contributed by atoms with Gasteiger partial charge in [-0.05, 0) is 36.4 Å². The molecule has 0 aliphatic carbocycles. The van der Waals surface area contributed by atoms with Crippen LogP contribution in [0.15, 0.2) is 52.4 Å². The van der Waals surface area contributed by atoms with E-state index in [9.17, 15) is 0 Å². The zero-order valence-electron chi connectivity index (χ0n) is 11.5. The first-order chi connectivity index (χ1) is 10.2. The molecule has 0 amide bonds. The summed E-state index contributed by atoms with van der Waals surface area (Å²) in [5, 5.41) is 8.91. The number of methoxy groups -OCH3 is 1. The Morgan fingerprint density at radius 3 is 2.71 bits per heavy atom. The molecule has 0 bridgehead atoms. The van der Waals surface area contributed by atoms with Crippen LogP contribution in [-0.2, 0) is 0 Å². The minimum absolute atomic E-state index is 0.589. The van der Waals surface area contributed by atoms with Crippen LogP contribution in [0.2, 0.25) is 0 Å². The molecule has 2 rings (SSSR count). The summed E-state index contributed by atoms with van der Waals surface area (Å²) >= 11 is 3.48. The molecule has 0 aromatic heterocycles. The van der Waals surface area contributed by atoms with Crippen molar-refractivity contribution in [3.63, 3.8) is 0 Å². The average Bonchev–Trinajstić information content (AvgIpc) is 2.54. The first-order valence-electron chi connectivity index (χ1n) is 6.22. The Balaban J connectivity index is 2.38. The van der Waals surface area contributed by atoms with Crippen LogP contribution in [0.25, 0.3) is 6.08 Å². The van der Waals surface area contributed by atoms with Crippen molar-refractivity contribution in [2.75, 3.05) is 7.11 Å². The highest BCUT2D eigenvalue weighted by molar-refractivity contribution is 9.10. The lowest BCUT2D eigenvalue weighted by molar-refractivity contribution is 0.414. The summed E-state index contributed by atoms with van der Waals surface area (Å²) in [6, 6.07) is 13.1. The molecule has 4 heteroatoms. The van der Waals surface area contributed by atoms with Gasteiger partial charge in [-0.25, -0.2) is 0 Å². The van der Waals surface area contributed by atoms with Crippen molar-refractivity contribution < 1.29 is 4.74 Å². The van der Waals surface area contributed by atoms with Gasteiger partial charge in [-0.2, -0.15) is 5.26 Å². The molecule has 0 aliphatic heterocycles. The Labute approximate surface area is 132 Å². The van der Waals surface area contributed by atoms with Crippen LogP contribution in [0.1, 0.15) is 16.7 Å². The second-order valence-corrected chi connectivity index (χ2v) is 5.09. The van der Waals surface area contributed by atoms with Crippen LogP contribution in [0.3, 0.4) is 0 Å². The van der Waals surface area contributed by atoms with Gasteiger partial charge in [-0.1, -0.05) is 28.6 Å². The molecule has 0 radical (unpaired) electrons. The summed E-state index contributed by atoms with van der Waals surface area (Å²) in [6.45, 7) is 3.75. The summed E-state index contributed by atoms with van der Waals surface area (Å²) in [7, 11) is 1.63. The topological polar surface area (TPSA) is 45.4 Å². The van der Waals surface area contributed by atoms with E-state index in [1.807, 2.05) is 18.2 Å². The van der Waals surface area contributed by atoms with Gasteiger partial charge in [0.1, 0.15) is 5.75 Å². The highest BCUT2D eigenvalue weighted by atomic mass is 79.9. The van der Waals surface area contributed by atoms with Crippen molar-refractivity contribution in [1.29, 1.82) is 5.26 Å². The van der Waals surface area contributed by atoms with Gasteiger partial charge in [0, 0.05) is 21.8 Å². The van der Waals surface area contributed by atoms with Gasteiger partial charge < -0.3 is 4.74 Å². The molecule has 3 nitrogen and oxygen atoms in total. The lowest BCUT2D eigenvalue weighted by Gasteiger charge is -2.04. The Morgan fingerprint density at radius 2 is 2.05 bits per heavy atom. The molecule has 0 saturated heterocycles. The second kappa shape index (κ2) is 6.87. The van der Waals surface area contributed by atoms with Crippen molar-refractivity contribution in [3.8, 4) is 11.8 Å². The van der Waals surface area contributed by atoms with E-state index in [1.54, 1.807) is 37.6 Å². The number of benzene rings is 2. The minimum atomic E-state index is 0.589. The maximum Gasteiger partial charge on any atom is 0.119 e. The largest absolute Gasteiger partial charge is 0.497 e. The monoisotopic (exact) mass is 340 g/mol. The van der Waals surface area contributed by atoms with Crippen LogP contribution in [0.5, 0.6) is 5.75 Å². The zero-order chi connectivity index (χ0) is 15.2. The Morgan fingerprint density at radius 1 is 1.24 bits per heavy atom. The second-order valence-electron chi connectivity index (χ2n) is 4.24. The van der Waals surface area contributed by atoms with Gasteiger partial charge in [0.2, 0.25) is 0 Å². The fraction of sp³-hybridized carbons (Fsp3) is 0.0588. The van der Waals surface area contributed by atoms with Crippen molar-refractivity contribution in [2.24, 2.45) is 4.99 Å². The Bertz CT molecular complexity index is 745. The van der Waals surface area contributed by atoms with Crippen molar-refractivity contribution in [3.05, 3.63) is 64.1 Å². The fourth-order valence-corrected chi connectivity index (χ4v) is 2.14. The van der Waals surface area contributed by atoms with Gasteiger partial charge in [0.05, 0.1) is 24.4 Å². The lowest BCUT2D eigenvalue weighted by atomic mass is 10.1. The van der Waals surface area contributed by atoms with E-state index in [-0.39, 0.29) is 0 Å². The van der Waals surface area contributed by atoms with Gasteiger partial charge in [0.15, 0.2) is 0 Å². The summed E-state index contributed by atoms with van der Waals surface area (Å²) < 4.78 is 6.13. The molecule has 104 valence electrons. The Kier molecular flexibility index (Phi) is 4.91.